The number of aromatic hydroxyl groups is 1. The smallest absolute Gasteiger partial charge is 0.258 e. The summed E-state index contributed by atoms with van der Waals surface area (Å²) in [5.74, 6) is -6.33. The Morgan fingerprint density at radius 2 is 1.53 bits per heavy atom. The van der Waals surface area contributed by atoms with Crippen molar-refractivity contribution >= 4 is 80.8 Å². The van der Waals surface area contributed by atoms with Crippen LogP contribution < -0.4 is 14.5 Å². The third kappa shape index (κ3) is 4.14. The van der Waals surface area contributed by atoms with Crippen LogP contribution in [0.3, 0.4) is 0 Å². The van der Waals surface area contributed by atoms with Crippen LogP contribution in [0, 0.1) is 27.1 Å². The van der Waals surface area contributed by atoms with Crippen LogP contribution in [0.1, 0.15) is 24.3 Å². The Morgan fingerprint density at radius 1 is 0.889 bits per heavy atom. The third-order valence-corrected chi connectivity index (χ3v) is 11.7. The van der Waals surface area contributed by atoms with Gasteiger partial charge in [0, 0.05) is 9.49 Å². The summed E-state index contributed by atoms with van der Waals surface area (Å²) in [7, 11) is 1.37. The Hall–Kier alpha value is -3.48. The molecule has 1 saturated carbocycles. The molecule has 4 aliphatic rings. The molecule has 3 aromatic rings. The van der Waals surface area contributed by atoms with Gasteiger partial charge in [0.25, 0.3) is 11.8 Å². The first kappa shape index (κ1) is 30.2. The molecule has 0 radical (unpaired) electrons. The number of hydrogen-bond acceptors (Lipinski definition) is 6. The van der Waals surface area contributed by atoms with Crippen LogP contribution >= 0.6 is 45.8 Å². The zero-order valence-electron chi connectivity index (χ0n) is 23.5. The van der Waals surface area contributed by atoms with Crippen molar-refractivity contribution in [3.05, 3.63) is 93.3 Å². The fourth-order valence-electron chi connectivity index (χ4n) is 7.49. The highest BCUT2D eigenvalue weighted by molar-refractivity contribution is 14.1. The molecular formula is C33H24Cl2FIN2O6. The number of allylic oxidation sites excluding steroid dienone is 2. The minimum atomic E-state index is -2.08. The number of phenolic OH excluding ortho intramolecular Hbond substituents is 1. The molecule has 0 aromatic heterocycles. The zero-order valence-corrected chi connectivity index (χ0v) is 27.2. The second kappa shape index (κ2) is 10.5. The van der Waals surface area contributed by atoms with Gasteiger partial charge in [0.2, 0.25) is 11.8 Å². The quantitative estimate of drug-likeness (QED) is 0.154. The van der Waals surface area contributed by atoms with Gasteiger partial charge in [-0.2, -0.15) is 0 Å². The summed E-state index contributed by atoms with van der Waals surface area (Å²) < 4.78 is 20.1. The lowest BCUT2D eigenvalue weighted by Gasteiger charge is -2.50. The first-order valence-electron chi connectivity index (χ1n) is 14.1. The zero-order chi connectivity index (χ0) is 32.0. The summed E-state index contributed by atoms with van der Waals surface area (Å²) in [4.78, 5) is 54.5. The number of alkyl halides is 2. The molecule has 3 fully saturated rings. The van der Waals surface area contributed by atoms with Crippen molar-refractivity contribution in [2.75, 3.05) is 16.9 Å². The molecule has 1 N–H and O–H groups in total. The Balaban J connectivity index is 1.40. The second-order valence-electron chi connectivity index (χ2n) is 11.7. The number of benzene rings is 3. The van der Waals surface area contributed by atoms with E-state index in [2.05, 4.69) is 22.6 Å². The van der Waals surface area contributed by atoms with Gasteiger partial charge in [-0.25, -0.2) is 9.29 Å². The number of imide groups is 2. The highest BCUT2D eigenvalue weighted by Crippen LogP contribution is 2.66. The van der Waals surface area contributed by atoms with E-state index in [4.69, 9.17) is 27.9 Å². The van der Waals surface area contributed by atoms with Crippen molar-refractivity contribution in [2.24, 2.45) is 17.8 Å². The molecule has 3 aromatic carbocycles. The van der Waals surface area contributed by atoms with Crippen LogP contribution in [-0.2, 0) is 19.2 Å². The highest BCUT2D eigenvalue weighted by atomic mass is 127. The van der Waals surface area contributed by atoms with Crippen LogP contribution in [0.25, 0.3) is 0 Å². The van der Waals surface area contributed by atoms with Crippen LogP contribution in [0.2, 0.25) is 0 Å². The first-order chi connectivity index (χ1) is 21.4. The number of carbonyl (C=O) groups is 4. The van der Waals surface area contributed by atoms with Gasteiger partial charge in [0.15, 0.2) is 21.2 Å². The number of carbonyl (C=O) groups excluding carboxylic acids is 4. The maximum atomic E-state index is 14.4. The minimum Gasteiger partial charge on any atom is -0.504 e. The molecule has 2 heterocycles. The molecule has 230 valence electrons. The van der Waals surface area contributed by atoms with Crippen molar-refractivity contribution in [1.82, 2.24) is 0 Å². The van der Waals surface area contributed by atoms with E-state index < -0.39 is 57.0 Å². The fraction of sp³-hybridized carbons (Fsp3) is 0.273. The molecule has 7 rings (SSSR count). The van der Waals surface area contributed by atoms with Gasteiger partial charge in [-0.3, -0.25) is 24.1 Å². The van der Waals surface area contributed by atoms with Crippen molar-refractivity contribution in [2.45, 2.75) is 28.5 Å². The normalized spacial score (nSPS) is 30.6. The van der Waals surface area contributed by atoms with E-state index in [9.17, 15) is 28.7 Å². The number of amides is 4. The molecule has 2 aliphatic carbocycles. The summed E-state index contributed by atoms with van der Waals surface area (Å²) in [6, 6.07) is 16.3. The van der Waals surface area contributed by atoms with Gasteiger partial charge < -0.3 is 9.84 Å². The van der Waals surface area contributed by atoms with Crippen molar-refractivity contribution in [3.63, 3.8) is 0 Å². The largest absolute Gasteiger partial charge is 0.504 e. The predicted octanol–water partition coefficient (Wildman–Crippen LogP) is 5.91. The van der Waals surface area contributed by atoms with Crippen LogP contribution in [0.5, 0.6) is 11.5 Å². The average Bonchev–Trinajstić information content (AvgIpc) is 3.36. The number of phenols is 1. The standard InChI is InChI=1S/C33H24Cl2FIN2O6/c1-45-25-14-16(2-13-24(25)40)27-21-11-12-22-26(29(42)38(28(22)41)19-9-5-18(37)6-10-19)23(21)15-32(34)30(43)39(31(44)33(27,32)35)20-7-3-17(36)4-8-20/h2-11,13-14,22-23,26-27,40H,12,15H2,1H3/t22-,23+,26-,27-,32+,33-/m0/s1. The number of rotatable bonds is 4. The summed E-state index contributed by atoms with van der Waals surface area (Å²) in [6.45, 7) is 0. The molecule has 8 nitrogen and oxygen atoms in total. The average molecular weight is 761 g/mol. The summed E-state index contributed by atoms with van der Waals surface area (Å²) >= 11 is 16.9. The van der Waals surface area contributed by atoms with Gasteiger partial charge >= 0.3 is 0 Å². The molecule has 2 aliphatic heterocycles. The number of anilines is 2. The molecule has 0 unspecified atom stereocenters. The second-order valence-corrected chi connectivity index (χ2v) is 14.2. The Bertz CT molecular complexity index is 1840. The van der Waals surface area contributed by atoms with Crippen molar-refractivity contribution < 1.29 is 33.4 Å². The Morgan fingerprint density at radius 3 is 2.20 bits per heavy atom. The molecule has 12 heteroatoms. The highest BCUT2D eigenvalue weighted by Gasteiger charge is 2.76. The van der Waals surface area contributed by atoms with E-state index >= 15 is 0 Å². The molecule has 45 heavy (non-hydrogen) atoms. The number of fused-ring (bicyclic) bond motifs is 4. The van der Waals surface area contributed by atoms with E-state index in [0.717, 1.165) is 20.6 Å². The minimum absolute atomic E-state index is 0.0923. The summed E-state index contributed by atoms with van der Waals surface area (Å²) in [5, 5.41) is 10.4. The lowest BCUT2D eigenvalue weighted by atomic mass is 9.56. The van der Waals surface area contributed by atoms with Crippen LogP contribution in [0.4, 0.5) is 15.8 Å². The van der Waals surface area contributed by atoms with E-state index in [0.29, 0.717) is 16.8 Å². The molecule has 2 saturated heterocycles. The van der Waals surface area contributed by atoms with Crippen LogP contribution in [0.15, 0.2) is 78.4 Å². The number of hydrogen-bond donors (Lipinski definition) is 1. The first-order valence-corrected chi connectivity index (χ1v) is 16.0. The summed E-state index contributed by atoms with van der Waals surface area (Å²) in [5.41, 5.74) is 1.56. The number of halogens is 4. The lowest BCUT2D eigenvalue weighted by Crippen LogP contribution is -2.60. The topological polar surface area (TPSA) is 104 Å². The molecular weight excluding hydrogens is 737 g/mol. The van der Waals surface area contributed by atoms with Gasteiger partial charge in [0.1, 0.15) is 5.82 Å². The van der Waals surface area contributed by atoms with Crippen LogP contribution in [-0.4, -0.2) is 45.6 Å². The monoisotopic (exact) mass is 760 g/mol. The van der Waals surface area contributed by atoms with Gasteiger partial charge in [0.05, 0.1) is 30.3 Å². The maximum absolute atomic E-state index is 14.4. The molecule has 0 bridgehead atoms. The number of ether oxygens (including phenoxy) is 1. The predicted molar refractivity (Wildman–Crippen MR) is 173 cm³/mol. The van der Waals surface area contributed by atoms with E-state index in [1.54, 1.807) is 30.3 Å². The van der Waals surface area contributed by atoms with Gasteiger partial charge in [-0.1, -0.05) is 17.7 Å². The Kier molecular flexibility index (Phi) is 7.06. The third-order valence-electron chi connectivity index (χ3n) is 9.52. The molecule has 6 atom stereocenters. The van der Waals surface area contributed by atoms with E-state index in [1.807, 2.05) is 6.08 Å². The number of methoxy groups -OCH3 is 1. The fourth-order valence-corrected chi connectivity index (χ4v) is 8.79. The molecule has 4 amide bonds. The van der Waals surface area contributed by atoms with Gasteiger partial charge in [-0.05, 0) is 108 Å². The van der Waals surface area contributed by atoms with Crippen molar-refractivity contribution in [1.29, 1.82) is 0 Å². The van der Waals surface area contributed by atoms with Crippen molar-refractivity contribution in [3.8, 4) is 11.5 Å². The Labute approximate surface area is 280 Å². The molecule has 0 spiro atoms. The van der Waals surface area contributed by atoms with E-state index in [-0.39, 0.29) is 35.9 Å². The maximum Gasteiger partial charge on any atom is 0.258 e. The van der Waals surface area contributed by atoms with E-state index in [1.165, 1.54) is 36.3 Å². The van der Waals surface area contributed by atoms with Gasteiger partial charge in [-0.15, -0.1) is 23.2 Å². The number of nitrogens with zero attached hydrogens (tertiary/aromatic N) is 2. The SMILES string of the molecule is COc1cc([C@H]2C3=CC[C@@H]4C(=O)N(c5ccc(I)cc5)C(=O)[C@@H]4[C@@H]3C[C@@]3(Cl)C(=O)N(c4ccc(F)cc4)C(=O)[C@@]23Cl)ccc1O. The lowest BCUT2D eigenvalue weighted by molar-refractivity contribution is -0.125. The summed E-state index contributed by atoms with van der Waals surface area (Å²) in [6.07, 6.45) is 1.84.